The highest BCUT2D eigenvalue weighted by molar-refractivity contribution is 6.25. The molecule has 0 saturated carbocycles. The molecule has 4 aromatic rings. The average Bonchev–Trinajstić information content (AvgIpc) is 3.46. The Kier molecular flexibility index (Phi) is 6.50. The largest absolute Gasteiger partial charge is 0.497 e. The lowest BCUT2D eigenvalue weighted by Crippen LogP contribution is -2.26. The highest BCUT2D eigenvalue weighted by Crippen LogP contribution is 2.40. The Morgan fingerprint density at radius 3 is 2.57 bits per heavy atom. The van der Waals surface area contributed by atoms with Crippen molar-refractivity contribution in [2.24, 2.45) is 0 Å². The van der Waals surface area contributed by atoms with Crippen LogP contribution in [0.2, 0.25) is 0 Å². The quantitative estimate of drug-likeness (QED) is 0.408. The second-order valence-electron chi connectivity index (χ2n) is 9.17. The molecule has 3 heterocycles. The summed E-state index contributed by atoms with van der Waals surface area (Å²) in [6, 6.07) is 20.3. The van der Waals surface area contributed by atoms with Crippen LogP contribution >= 0.6 is 12.4 Å². The first-order valence-electron chi connectivity index (χ1n) is 11.9. The van der Waals surface area contributed by atoms with Gasteiger partial charge < -0.3 is 15.0 Å². The molecular formula is C28H29ClN4O2. The molecule has 2 aliphatic rings. The Bertz CT molecular complexity index is 1360. The minimum Gasteiger partial charge on any atom is -0.497 e. The molecule has 0 unspecified atom stereocenters. The molecule has 1 aromatic heterocycles. The van der Waals surface area contributed by atoms with E-state index in [1.54, 1.807) is 7.11 Å². The number of carbonyl (C=O) groups excluding carboxylic acids is 1. The number of anilines is 1. The van der Waals surface area contributed by atoms with Gasteiger partial charge >= 0.3 is 0 Å². The van der Waals surface area contributed by atoms with E-state index in [4.69, 9.17) is 9.84 Å². The number of ether oxygens (including phenoxy) is 1. The van der Waals surface area contributed by atoms with E-state index in [0.717, 1.165) is 59.3 Å². The van der Waals surface area contributed by atoms with E-state index in [-0.39, 0.29) is 18.3 Å². The monoisotopic (exact) mass is 488 g/mol. The Labute approximate surface area is 211 Å². The van der Waals surface area contributed by atoms with Gasteiger partial charge in [-0.3, -0.25) is 9.48 Å². The van der Waals surface area contributed by atoms with Gasteiger partial charge in [0.25, 0.3) is 5.91 Å². The summed E-state index contributed by atoms with van der Waals surface area (Å²) in [6.45, 7) is 3.35. The zero-order valence-electron chi connectivity index (χ0n) is 19.7. The first-order valence-corrected chi connectivity index (χ1v) is 11.9. The number of hydrogen-bond donors (Lipinski definition) is 1. The van der Waals surface area contributed by atoms with E-state index in [2.05, 4.69) is 35.8 Å². The fourth-order valence-electron chi connectivity index (χ4n) is 5.29. The van der Waals surface area contributed by atoms with Gasteiger partial charge in [0, 0.05) is 23.1 Å². The van der Waals surface area contributed by atoms with Crippen molar-refractivity contribution in [2.75, 3.05) is 25.1 Å². The molecule has 1 N–H and O–H groups in total. The van der Waals surface area contributed by atoms with E-state index in [1.807, 2.05) is 46.0 Å². The standard InChI is InChI=1S/C28H28N4O2.ClH/c1-34-22-8-5-19(6-9-22)17-32-26-10-7-21(23-3-2-4-24(27(23)26)28(32)33)18-31-16-13-25(30-31)20-11-14-29-15-12-20;/h2-10,13,16,20,29H,11-12,14-15,17-18H2,1H3;1H. The van der Waals surface area contributed by atoms with E-state index in [0.29, 0.717) is 19.0 Å². The van der Waals surface area contributed by atoms with Gasteiger partial charge in [-0.25, -0.2) is 0 Å². The van der Waals surface area contributed by atoms with Gasteiger partial charge in [-0.1, -0.05) is 30.3 Å². The SMILES string of the molecule is COc1ccc(CN2C(=O)c3cccc4c(Cn5ccc(C6CCNCC6)n5)ccc2c34)cc1.Cl. The van der Waals surface area contributed by atoms with Crippen LogP contribution in [0.3, 0.4) is 0 Å². The van der Waals surface area contributed by atoms with Gasteiger partial charge in [0.15, 0.2) is 0 Å². The summed E-state index contributed by atoms with van der Waals surface area (Å²) in [5.74, 6) is 1.41. The van der Waals surface area contributed by atoms with Crippen LogP contribution in [-0.4, -0.2) is 35.9 Å². The molecular weight excluding hydrogens is 460 g/mol. The van der Waals surface area contributed by atoms with Gasteiger partial charge in [0.1, 0.15) is 5.75 Å². The predicted molar refractivity (Wildman–Crippen MR) is 141 cm³/mol. The summed E-state index contributed by atoms with van der Waals surface area (Å²) in [5, 5.41) is 10.5. The van der Waals surface area contributed by atoms with Crippen molar-refractivity contribution in [3.05, 3.63) is 89.2 Å². The highest BCUT2D eigenvalue weighted by Gasteiger charge is 2.30. The van der Waals surface area contributed by atoms with Crippen LogP contribution in [0.15, 0.2) is 66.9 Å². The smallest absolute Gasteiger partial charge is 0.259 e. The lowest BCUT2D eigenvalue weighted by atomic mass is 9.95. The van der Waals surface area contributed by atoms with Crippen molar-refractivity contribution in [3.63, 3.8) is 0 Å². The lowest BCUT2D eigenvalue weighted by Gasteiger charge is -2.20. The molecule has 0 atom stereocenters. The Morgan fingerprint density at radius 2 is 1.80 bits per heavy atom. The van der Waals surface area contributed by atoms with E-state index < -0.39 is 0 Å². The number of rotatable bonds is 6. The van der Waals surface area contributed by atoms with Crippen LogP contribution < -0.4 is 15.0 Å². The Balaban J connectivity index is 0.00000253. The summed E-state index contributed by atoms with van der Waals surface area (Å²) >= 11 is 0. The van der Waals surface area contributed by atoms with Crippen molar-refractivity contribution < 1.29 is 9.53 Å². The summed E-state index contributed by atoms with van der Waals surface area (Å²) in [6.07, 6.45) is 4.37. The van der Waals surface area contributed by atoms with Crippen molar-refractivity contribution in [1.29, 1.82) is 0 Å². The number of nitrogens with zero attached hydrogens (tertiary/aromatic N) is 3. The van der Waals surface area contributed by atoms with E-state index in [1.165, 1.54) is 11.3 Å². The second-order valence-corrected chi connectivity index (χ2v) is 9.17. The third-order valence-electron chi connectivity index (χ3n) is 7.13. The van der Waals surface area contributed by atoms with Gasteiger partial charge in [0.2, 0.25) is 0 Å². The van der Waals surface area contributed by atoms with Gasteiger partial charge in [-0.15, -0.1) is 12.4 Å². The average molecular weight is 489 g/mol. The van der Waals surface area contributed by atoms with E-state index >= 15 is 0 Å². The van der Waals surface area contributed by atoms with Crippen LogP contribution in [0.1, 0.15) is 45.9 Å². The summed E-state index contributed by atoms with van der Waals surface area (Å²) in [4.78, 5) is 15.2. The topological polar surface area (TPSA) is 59.4 Å². The molecule has 0 spiro atoms. The lowest BCUT2D eigenvalue weighted by molar-refractivity contribution is 0.0991. The van der Waals surface area contributed by atoms with Gasteiger partial charge in [-0.2, -0.15) is 5.10 Å². The molecule has 0 bridgehead atoms. The minimum absolute atomic E-state index is 0. The molecule has 3 aromatic carbocycles. The molecule has 35 heavy (non-hydrogen) atoms. The molecule has 0 aliphatic carbocycles. The molecule has 0 radical (unpaired) electrons. The number of methoxy groups -OCH3 is 1. The van der Waals surface area contributed by atoms with Crippen LogP contribution in [0.25, 0.3) is 10.8 Å². The number of nitrogens with one attached hydrogen (secondary N) is 1. The summed E-state index contributed by atoms with van der Waals surface area (Å²) in [5.41, 5.74) is 5.19. The number of hydrogen-bond acceptors (Lipinski definition) is 4. The summed E-state index contributed by atoms with van der Waals surface area (Å²) in [7, 11) is 1.66. The molecule has 180 valence electrons. The Hall–Kier alpha value is -3.35. The highest BCUT2D eigenvalue weighted by atomic mass is 35.5. The first kappa shape index (κ1) is 23.4. The van der Waals surface area contributed by atoms with Gasteiger partial charge in [0.05, 0.1) is 31.6 Å². The normalized spacial score (nSPS) is 15.5. The van der Waals surface area contributed by atoms with Crippen LogP contribution in [0.4, 0.5) is 5.69 Å². The number of halogens is 1. The maximum absolute atomic E-state index is 13.3. The molecule has 7 heteroatoms. The molecule has 6 nitrogen and oxygen atoms in total. The van der Waals surface area contributed by atoms with Crippen molar-refractivity contribution in [3.8, 4) is 5.75 Å². The number of carbonyl (C=O) groups is 1. The van der Waals surface area contributed by atoms with Gasteiger partial charge in [-0.05, 0) is 72.8 Å². The maximum Gasteiger partial charge on any atom is 0.259 e. The Morgan fingerprint density at radius 1 is 1.00 bits per heavy atom. The fourth-order valence-corrected chi connectivity index (χ4v) is 5.29. The molecule has 6 rings (SSSR count). The van der Waals surface area contributed by atoms with Crippen molar-refractivity contribution in [1.82, 2.24) is 15.1 Å². The second kappa shape index (κ2) is 9.72. The molecule has 2 aliphatic heterocycles. The maximum atomic E-state index is 13.3. The number of piperidine rings is 1. The minimum atomic E-state index is 0. The van der Waals surface area contributed by atoms with E-state index in [9.17, 15) is 4.79 Å². The summed E-state index contributed by atoms with van der Waals surface area (Å²) < 4.78 is 7.30. The van der Waals surface area contributed by atoms with Crippen molar-refractivity contribution >= 4 is 34.8 Å². The first-order chi connectivity index (χ1) is 16.7. The molecule has 1 saturated heterocycles. The van der Waals surface area contributed by atoms with Crippen LogP contribution in [0, 0.1) is 0 Å². The zero-order chi connectivity index (χ0) is 23.1. The molecule has 1 fully saturated rings. The fraction of sp³-hybridized carbons (Fsp3) is 0.286. The van der Waals surface area contributed by atoms with Crippen molar-refractivity contribution in [2.45, 2.75) is 31.8 Å². The predicted octanol–water partition coefficient (Wildman–Crippen LogP) is 5.14. The third-order valence-corrected chi connectivity index (χ3v) is 7.13. The number of amides is 1. The number of benzene rings is 3. The third kappa shape index (κ3) is 4.28. The van der Waals surface area contributed by atoms with Crippen LogP contribution in [-0.2, 0) is 13.1 Å². The van der Waals surface area contributed by atoms with Crippen LogP contribution in [0.5, 0.6) is 5.75 Å². The number of aromatic nitrogens is 2. The zero-order valence-corrected chi connectivity index (χ0v) is 20.6. The molecule has 1 amide bonds.